The number of nitrogens with one attached hydrogen (secondary N) is 2. The third-order valence-electron chi connectivity index (χ3n) is 3.73. The second-order valence-electron chi connectivity index (χ2n) is 5.58. The SMILES string of the molecule is COCCn1cnnc1[C@H](C)NC(=O)Nc1ccc(-n2cncn2)cc1. The smallest absolute Gasteiger partial charge is 0.319 e. The molecule has 0 unspecified atom stereocenters. The number of hydrogen-bond donors (Lipinski definition) is 2. The average molecular weight is 356 g/mol. The molecule has 0 fully saturated rings. The van der Waals surface area contributed by atoms with E-state index >= 15 is 0 Å². The third kappa shape index (κ3) is 4.22. The van der Waals surface area contributed by atoms with Crippen LogP contribution in [-0.4, -0.2) is 49.3 Å². The molecule has 0 aliphatic carbocycles. The zero-order chi connectivity index (χ0) is 18.4. The van der Waals surface area contributed by atoms with Crippen molar-refractivity contribution in [1.82, 2.24) is 34.8 Å². The van der Waals surface area contributed by atoms with Gasteiger partial charge in [-0.2, -0.15) is 5.10 Å². The molecular weight excluding hydrogens is 336 g/mol. The summed E-state index contributed by atoms with van der Waals surface area (Å²) in [7, 11) is 1.63. The van der Waals surface area contributed by atoms with Crippen molar-refractivity contribution in [3.05, 3.63) is 49.1 Å². The minimum atomic E-state index is -0.327. The lowest BCUT2D eigenvalue weighted by atomic mass is 10.3. The van der Waals surface area contributed by atoms with Gasteiger partial charge in [0, 0.05) is 19.3 Å². The predicted molar refractivity (Wildman–Crippen MR) is 93.8 cm³/mol. The number of methoxy groups -OCH3 is 1. The predicted octanol–water partition coefficient (Wildman–Crippen LogP) is 1.39. The highest BCUT2D eigenvalue weighted by molar-refractivity contribution is 5.89. The van der Waals surface area contributed by atoms with Gasteiger partial charge in [-0.05, 0) is 31.2 Å². The summed E-state index contributed by atoms with van der Waals surface area (Å²) in [6.45, 7) is 3.01. The van der Waals surface area contributed by atoms with E-state index < -0.39 is 0 Å². The van der Waals surface area contributed by atoms with Crippen molar-refractivity contribution in [1.29, 1.82) is 0 Å². The van der Waals surface area contributed by atoms with Gasteiger partial charge in [-0.15, -0.1) is 10.2 Å². The van der Waals surface area contributed by atoms with E-state index in [4.69, 9.17) is 4.74 Å². The van der Waals surface area contributed by atoms with E-state index in [9.17, 15) is 4.79 Å². The highest BCUT2D eigenvalue weighted by Gasteiger charge is 2.15. The van der Waals surface area contributed by atoms with Crippen LogP contribution in [0.25, 0.3) is 5.69 Å². The van der Waals surface area contributed by atoms with Crippen LogP contribution < -0.4 is 10.6 Å². The fourth-order valence-electron chi connectivity index (χ4n) is 2.43. The van der Waals surface area contributed by atoms with E-state index in [1.54, 1.807) is 36.6 Å². The second-order valence-corrected chi connectivity index (χ2v) is 5.58. The molecule has 1 atom stereocenters. The summed E-state index contributed by atoms with van der Waals surface area (Å²) in [4.78, 5) is 16.1. The number of rotatable bonds is 7. The monoisotopic (exact) mass is 356 g/mol. The summed E-state index contributed by atoms with van der Waals surface area (Å²) >= 11 is 0. The van der Waals surface area contributed by atoms with Crippen molar-refractivity contribution in [2.24, 2.45) is 0 Å². The van der Waals surface area contributed by atoms with Gasteiger partial charge in [0.1, 0.15) is 19.0 Å². The molecule has 0 bridgehead atoms. The second kappa shape index (κ2) is 8.21. The van der Waals surface area contributed by atoms with E-state index in [-0.39, 0.29) is 12.1 Å². The summed E-state index contributed by atoms with van der Waals surface area (Å²) in [6.07, 6.45) is 4.69. The Kier molecular flexibility index (Phi) is 5.54. The van der Waals surface area contributed by atoms with Crippen LogP contribution in [-0.2, 0) is 11.3 Å². The Bertz CT molecular complexity index is 828. The number of amides is 2. The highest BCUT2D eigenvalue weighted by atomic mass is 16.5. The van der Waals surface area contributed by atoms with Gasteiger partial charge in [0.05, 0.1) is 18.3 Å². The van der Waals surface area contributed by atoms with Crippen LogP contribution in [0, 0.1) is 0 Å². The number of ether oxygens (including phenoxy) is 1. The molecule has 2 heterocycles. The first-order valence-electron chi connectivity index (χ1n) is 8.06. The summed E-state index contributed by atoms with van der Waals surface area (Å²) in [5, 5.41) is 17.7. The molecule has 136 valence electrons. The number of nitrogens with zero attached hydrogens (tertiary/aromatic N) is 6. The van der Waals surface area contributed by atoms with Gasteiger partial charge in [-0.3, -0.25) is 0 Å². The molecule has 0 saturated carbocycles. The number of hydrogen-bond acceptors (Lipinski definition) is 6. The first kappa shape index (κ1) is 17.5. The minimum absolute atomic E-state index is 0.302. The van der Waals surface area contributed by atoms with Crippen molar-refractivity contribution >= 4 is 11.7 Å². The van der Waals surface area contributed by atoms with Gasteiger partial charge in [-0.25, -0.2) is 14.5 Å². The molecule has 0 spiro atoms. The summed E-state index contributed by atoms with van der Waals surface area (Å²) in [5.41, 5.74) is 1.52. The van der Waals surface area contributed by atoms with Crippen LogP contribution in [0.5, 0.6) is 0 Å². The van der Waals surface area contributed by atoms with Crippen molar-refractivity contribution in [2.75, 3.05) is 19.0 Å². The quantitative estimate of drug-likeness (QED) is 0.662. The Morgan fingerprint density at radius 3 is 2.77 bits per heavy atom. The Morgan fingerprint density at radius 1 is 1.27 bits per heavy atom. The molecule has 10 nitrogen and oxygen atoms in total. The molecular formula is C16H20N8O2. The molecule has 0 aliphatic rings. The van der Waals surface area contributed by atoms with Gasteiger partial charge in [0.15, 0.2) is 5.82 Å². The first-order chi connectivity index (χ1) is 12.7. The van der Waals surface area contributed by atoms with Crippen LogP contribution in [0.1, 0.15) is 18.8 Å². The van der Waals surface area contributed by atoms with E-state index in [1.165, 1.54) is 6.33 Å². The van der Waals surface area contributed by atoms with Crippen LogP contribution in [0.4, 0.5) is 10.5 Å². The van der Waals surface area contributed by atoms with Gasteiger partial charge in [-0.1, -0.05) is 0 Å². The zero-order valence-electron chi connectivity index (χ0n) is 14.5. The molecule has 0 radical (unpaired) electrons. The minimum Gasteiger partial charge on any atom is -0.383 e. The van der Waals surface area contributed by atoms with Crippen molar-refractivity contribution in [2.45, 2.75) is 19.5 Å². The third-order valence-corrected chi connectivity index (χ3v) is 3.73. The normalized spacial score (nSPS) is 11.9. The summed E-state index contributed by atoms with van der Waals surface area (Å²) in [6, 6.07) is 6.64. The number of aromatic nitrogens is 6. The van der Waals surface area contributed by atoms with Gasteiger partial charge in [0.2, 0.25) is 0 Å². The van der Waals surface area contributed by atoms with Crippen molar-refractivity contribution in [3.63, 3.8) is 0 Å². The zero-order valence-corrected chi connectivity index (χ0v) is 14.5. The van der Waals surface area contributed by atoms with E-state index in [2.05, 4.69) is 30.9 Å². The topological polar surface area (TPSA) is 112 Å². The standard InChI is InChI=1S/C16H20N8O2/c1-12(15-22-18-11-23(15)7-8-26-2)20-16(25)21-13-3-5-14(6-4-13)24-10-17-9-19-24/h3-6,9-12H,7-8H2,1-2H3,(H2,20,21,25)/t12-/m0/s1. The summed E-state index contributed by atoms with van der Waals surface area (Å²) < 4.78 is 8.55. The molecule has 3 rings (SSSR count). The van der Waals surface area contributed by atoms with Crippen molar-refractivity contribution < 1.29 is 9.53 Å². The van der Waals surface area contributed by atoms with Crippen molar-refractivity contribution in [3.8, 4) is 5.69 Å². The Morgan fingerprint density at radius 2 is 2.08 bits per heavy atom. The van der Waals surface area contributed by atoms with E-state index in [0.29, 0.717) is 24.7 Å². The van der Waals surface area contributed by atoms with Gasteiger partial charge in [0.25, 0.3) is 0 Å². The molecule has 0 saturated heterocycles. The lowest BCUT2D eigenvalue weighted by Crippen LogP contribution is -2.32. The Hall–Kier alpha value is -3.27. The van der Waals surface area contributed by atoms with E-state index in [0.717, 1.165) is 5.69 Å². The average Bonchev–Trinajstić information content (AvgIpc) is 3.32. The van der Waals surface area contributed by atoms with Crippen LogP contribution in [0.3, 0.4) is 0 Å². The molecule has 2 aromatic heterocycles. The molecule has 2 N–H and O–H groups in total. The van der Waals surface area contributed by atoms with Crippen LogP contribution in [0.15, 0.2) is 43.2 Å². The maximum Gasteiger partial charge on any atom is 0.319 e. The maximum atomic E-state index is 12.2. The molecule has 26 heavy (non-hydrogen) atoms. The number of benzene rings is 1. The largest absolute Gasteiger partial charge is 0.383 e. The molecule has 3 aromatic rings. The summed E-state index contributed by atoms with van der Waals surface area (Å²) in [5.74, 6) is 0.665. The fraction of sp³-hybridized carbons (Fsp3) is 0.312. The van der Waals surface area contributed by atoms with Crippen LogP contribution >= 0.6 is 0 Å². The number of carbonyl (C=O) groups is 1. The Balaban J connectivity index is 1.57. The molecule has 0 aliphatic heterocycles. The number of anilines is 1. The number of urea groups is 1. The van der Waals surface area contributed by atoms with Gasteiger partial charge < -0.3 is 19.9 Å². The molecule has 2 amide bonds. The molecule has 10 heteroatoms. The molecule has 1 aromatic carbocycles. The lowest BCUT2D eigenvalue weighted by Gasteiger charge is -2.15. The van der Waals surface area contributed by atoms with Crippen LogP contribution in [0.2, 0.25) is 0 Å². The maximum absolute atomic E-state index is 12.2. The first-order valence-corrected chi connectivity index (χ1v) is 8.06. The van der Waals surface area contributed by atoms with Gasteiger partial charge >= 0.3 is 6.03 Å². The Labute approximate surface area is 150 Å². The fourth-order valence-corrected chi connectivity index (χ4v) is 2.43. The lowest BCUT2D eigenvalue weighted by molar-refractivity contribution is 0.185. The number of carbonyl (C=O) groups excluding carboxylic acids is 1. The van der Waals surface area contributed by atoms with E-state index in [1.807, 2.05) is 23.6 Å². The highest BCUT2D eigenvalue weighted by Crippen LogP contribution is 2.13.